The van der Waals surface area contributed by atoms with Crippen molar-refractivity contribution in [2.24, 2.45) is 5.92 Å². The predicted octanol–water partition coefficient (Wildman–Crippen LogP) is 2.06. The van der Waals surface area contributed by atoms with E-state index in [9.17, 15) is 5.11 Å². The van der Waals surface area contributed by atoms with E-state index in [0.717, 1.165) is 6.42 Å². The standard InChI is InChI=1S/C10H9NO/c12-10-6-11-8-2-1-3-9(11)5-7(10)4-8/h1-4,6-7,12H,5H2. The van der Waals surface area contributed by atoms with Gasteiger partial charge in [-0.1, -0.05) is 6.08 Å². The van der Waals surface area contributed by atoms with Crippen LogP contribution in [-0.2, 0) is 0 Å². The summed E-state index contributed by atoms with van der Waals surface area (Å²) in [7, 11) is 0. The average molecular weight is 159 g/mol. The number of hydrogen-bond donors (Lipinski definition) is 1. The van der Waals surface area contributed by atoms with Crippen molar-refractivity contribution in [1.82, 2.24) is 4.90 Å². The van der Waals surface area contributed by atoms with Gasteiger partial charge in [-0.05, 0) is 18.2 Å². The van der Waals surface area contributed by atoms with Gasteiger partial charge in [-0.25, -0.2) is 0 Å². The van der Waals surface area contributed by atoms with E-state index in [0.29, 0.717) is 5.76 Å². The first-order chi connectivity index (χ1) is 5.84. The van der Waals surface area contributed by atoms with Crippen molar-refractivity contribution in [1.29, 1.82) is 0 Å². The average Bonchev–Trinajstić information content (AvgIpc) is 2.03. The Morgan fingerprint density at radius 2 is 2.42 bits per heavy atom. The Morgan fingerprint density at radius 1 is 1.50 bits per heavy atom. The molecule has 0 amide bonds. The van der Waals surface area contributed by atoms with Gasteiger partial charge in [0.05, 0.1) is 0 Å². The van der Waals surface area contributed by atoms with Crippen LogP contribution in [0.1, 0.15) is 6.42 Å². The SMILES string of the molecule is OC1=CN2C3=CC1CC2=CC=C3. The zero-order valence-corrected chi connectivity index (χ0v) is 6.57. The highest BCUT2D eigenvalue weighted by atomic mass is 16.3. The number of hydrogen-bond acceptors (Lipinski definition) is 2. The highest BCUT2D eigenvalue weighted by Gasteiger charge is 2.31. The first kappa shape index (κ1) is 6.12. The van der Waals surface area contributed by atoms with Gasteiger partial charge >= 0.3 is 0 Å². The van der Waals surface area contributed by atoms with Crippen LogP contribution in [0.4, 0.5) is 0 Å². The lowest BCUT2D eigenvalue weighted by Gasteiger charge is -2.38. The molecule has 0 aromatic heterocycles. The third-order valence-electron chi connectivity index (χ3n) is 2.59. The summed E-state index contributed by atoms with van der Waals surface area (Å²) in [5.74, 6) is 0.715. The molecule has 0 saturated carbocycles. The maximum absolute atomic E-state index is 9.48. The summed E-state index contributed by atoms with van der Waals surface area (Å²) in [6.07, 6.45) is 11.1. The van der Waals surface area contributed by atoms with E-state index in [1.165, 1.54) is 11.4 Å². The number of rotatable bonds is 0. The molecule has 0 saturated heterocycles. The monoisotopic (exact) mass is 159 g/mol. The van der Waals surface area contributed by atoms with Crippen LogP contribution >= 0.6 is 0 Å². The van der Waals surface area contributed by atoms with Crippen LogP contribution in [0.3, 0.4) is 0 Å². The fraction of sp³-hybridized carbons (Fsp3) is 0.200. The normalized spacial score (nSPS) is 29.8. The summed E-state index contributed by atoms with van der Waals surface area (Å²) < 4.78 is 0. The molecule has 60 valence electrons. The molecular weight excluding hydrogens is 150 g/mol. The minimum Gasteiger partial charge on any atom is -0.510 e. The molecule has 0 aliphatic carbocycles. The fourth-order valence-corrected chi connectivity index (χ4v) is 1.95. The van der Waals surface area contributed by atoms with Crippen molar-refractivity contribution >= 4 is 0 Å². The minimum atomic E-state index is 0.223. The van der Waals surface area contributed by atoms with Gasteiger partial charge in [0.2, 0.25) is 0 Å². The zero-order valence-electron chi connectivity index (χ0n) is 6.57. The van der Waals surface area contributed by atoms with Crippen molar-refractivity contribution < 1.29 is 5.11 Å². The predicted molar refractivity (Wildman–Crippen MR) is 46.0 cm³/mol. The summed E-state index contributed by atoms with van der Waals surface area (Å²) in [6.45, 7) is 0. The molecule has 0 fully saturated rings. The molecular formula is C10H9NO. The summed E-state index contributed by atoms with van der Waals surface area (Å²) in [6, 6.07) is 0. The maximum atomic E-state index is 9.48. The van der Waals surface area contributed by atoms with E-state index < -0.39 is 0 Å². The third-order valence-corrected chi connectivity index (χ3v) is 2.59. The van der Waals surface area contributed by atoms with Gasteiger partial charge in [-0.3, -0.25) is 0 Å². The van der Waals surface area contributed by atoms with Gasteiger partial charge in [0, 0.05) is 29.9 Å². The molecule has 0 aromatic rings. The first-order valence-electron chi connectivity index (χ1n) is 4.13. The number of allylic oxidation sites excluding steroid dienone is 5. The Balaban J connectivity index is 2.20. The Bertz CT molecular complexity index is 360. The third kappa shape index (κ3) is 0.600. The second-order valence-electron chi connectivity index (χ2n) is 3.34. The minimum absolute atomic E-state index is 0.223. The molecule has 1 atom stereocenters. The van der Waals surface area contributed by atoms with E-state index in [1.807, 2.05) is 6.20 Å². The first-order valence-corrected chi connectivity index (χ1v) is 4.13. The lowest BCUT2D eigenvalue weighted by Crippen LogP contribution is -2.30. The van der Waals surface area contributed by atoms with E-state index in [1.54, 1.807) is 0 Å². The molecule has 12 heavy (non-hydrogen) atoms. The lowest BCUT2D eigenvalue weighted by molar-refractivity contribution is 0.292. The van der Waals surface area contributed by atoms with Crippen LogP contribution in [-0.4, -0.2) is 10.0 Å². The molecule has 4 heterocycles. The lowest BCUT2D eigenvalue weighted by atomic mass is 9.89. The molecule has 0 radical (unpaired) electrons. The summed E-state index contributed by atoms with van der Waals surface area (Å²) >= 11 is 0. The van der Waals surface area contributed by atoms with Crippen LogP contribution in [0, 0.1) is 5.92 Å². The quantitative estimate of drug-likeness (QED) is 0.584. The summed E-state index contributed by atoms with van der Waals surface area (Å²) in [5, 5.41) is 9.48. The molecule has 1 N–H and O–H groups in total. The summed E-state index contributed by atoms with van der Waals surface area (Å²) in [5.41, 5.74) is 2.49. The van der Waals surface area contributed by atoms with Gasteiger partial charge in [0.25, 0.3) is 0 Å². The highest BCUT2D eigenvalue weighted by Crippen LogP contribution is 2.39. The van der Waals surface area contributed by atoms with Gasteiger partial charge in [0.15, 0.2) is 0 Å². The van der Waals surface area contributed by atoms with Crippen LogP contribution in [0.15, 0.2) is 47.7 Å². The second-order valence-corrected chi connectivity index (χ2v) is 3.34. The largest absolute Gasteiger partial charge is 0.510 e. The van der Waals surface area contributed by atoms with Crippen molar-refractivity contribution in [2.45, 2.75) is 6.42 Å². The molecule has 4 bridgehead atoms. The summed E-state index contributed by atoms with van der Waals surface area (Å²) in [4.78, 5) is 2.05. The molecule has 4 aliphatic rings. The van der Waals surface area contributed by atoms with Crippen molar-refractivity contribution in [2.75, 3.05) is 0 Å². The smallest absolute Gasteiger partial charge is 0.116 e. The van der Waals surface area contributed by atoms with Crippen LogP contribution in [0.5, 0.6) is 0 Å². The Morgan fingerprint density at radius 3 is 3.17 bits per heavy atom. The topological polar surface area (TPSA) is 23.5 Å². The van der Waals surface area contributed by atoms with E-state index in [2.05, 4.69) is 29.2 Å². The van der Waals surface area contributed by atoms with Crippen LogP contribution < -0.4 is 0 Å². The molecule has 2 nitrogen and oxygen atoms in total. The maximum Gasteiger partial charge on any atom is 0.116 e. The van der Waals surface area contributed by atoms with Crippen molar-refractivity contribution in [3.8, 4) is 0 Å². The Hall–Kier alpha value is -1.44. The van der Waals surface area contributed by atoms with Crippen molar-refractivity contribution in [3.05, 3.63) is 47.7 Å². The van der Waals surface area contributed by atoms with E-state index >= 15 is 0 Å². The van der Waals surface area contributed by atoms with E-state index in [-0.39, 0.29) is 5.92 Å². The van der Waals surface area contributed by atoms with Gasteiger partial charge in [0.1, 0.15) is 5.76 Å². The van der Waals surface area contributed by atoms with Crippen LogP contribution in [0.25, 0.3) is 0 Å². The second kappa shape index (κ2) is 1.83. The van der Waals surface area contributed by atoms with Gasteiger partial charge in [-0.2, -0.15) is 0 Å². The molecule has 4 aliphatic heterocycles. The molecule has 4 rings (SSSR count). The van der Waals surface area contributed by atoms with E-state index in [4.69, 9.17) is 0 Å². The molecule has 1 unspecified atom stereocenters. The molecule has 2 heteroatoms. The molecule has 0 spiro atoms. The number of aliphatic hydroxyl groups excluding tert-OH is 1. The van der Waals surface area contributed by atoms with Crippen LogP contribution in [0.2, 0.25) is 0 Å². The molecule has 0 aromatic carbocycles. The number of aliphatic hydroxyl groups is 1. The Kier molecular flexibility index (Phi) is 0.933. The van der Waals surface area contributed by atoms with Gasteiger partial charge in [-0.15, -0.1) is 0 Å². The van der Waals surface area contributed by atoms with Gasteiger partial charge < -0.3 is 10.0 Å². The number of nitrogens with zero attached hydrogens (tertiary/aromatic N) is 1. The highest BCUT2D eigenvalue weighted by molar-refractivity contribution is 5.43. The fourth-order valence-electron chi connectivity index (χ4n) is 1.95. The Labute approximate surface area is 70.8 Å². The zero-order chi connectivity index (χ0) is 8.13. The van der Waals surface area contributed by atoms with Crippen molar-refractivity contribution in [3.63, 3.8) is 0 Å².